The SMILES string of the molecule is CCCCCCN(C(=O)C(C)NC(=O)OC(C)(C)C)C(C(=O)Nc1c(C)cccc1C)c1cccc(O)c1. The zero-order valence-corrected chi connectivity index (χ0v) is 23.8. The fourth-order valence-corrected chi connectivity index (χ4v) is 4.24. The Hall–Kier alpha value is -3.55. The monoisotopic (exact) mass is 525 g/mol. The van der Waals surface area contributed by atoms with Crippen molar-refractivity contribution in [2.75, 3.05) is 11.9 Å². The van der Waals surface area contributed by atoms with E-state index in [1.807, 2.05) is 32.0 Å². The van der Waals surface area contributed by atoms with Gasteiger partial charge in [-0.2, -0.15) is 0 Å². The number of rotatable bonds is 11. The Morgan fingerprint density at radius 1 is 1.00 bits per heavy atom. The van der Waals surface area contributed by atoms with E-state index in [4.69, 9.17) is 4.74 Å². The summed E-state index contributed by atoms with van der Waals surface area (Å²) in [6.07, 6.45) is 2.88. The number of nitrogens with one attached hydrogen (secondary N) is 2. The maximum atomic E-state index is 13.9. The number of aromatic hydroxyl groups is 1. The first kappa shape index (κ1) is 30.7. The van der Waals surface area contributed by atoms with Gasteiger partial charge in [0.1, 0.15) is 23.4 Å². The molecule has 0 fully saturated rings. The van der Waals surface area contributed by atoms with Crippen LogP contribution in [0.1, 0.15) is 83.0 Å². The number of alkyl carbamates (subject to hydrolysis) is 1. The van der Waals surface area contributed by atoms with Crippen LogP contribution in [0.4, 0.5) is 10.5 Å². The minimum absolute atomic E-state index is 0.00863. The minimum Gasteiger partial charge on any atom is -0.508 e. The van der Waals surface area contributed by atoms with Gasteiger partial charge in [-0.1, -0.05) is 56.5 Å². The van der Waals surface area contributed by atoms with Crippen LogP contribution in [0.25, 0.3) is 0 Å². The van der Waals surface area contributed by atoms with Crippen LogP contribution in [0.2, 0.25) is 0 Å². The Kier molecular flexibility index (Phi) is 11.2. The highest BCUT2D eigenvalue weighted by atomic mass is 16.6. The van der Waals surface area contributed by atoms with Crippen LogP contribution in [0.5, 0.6) is 5.75 Å². The van der Waals surface area contributed by atoms with Crippen LogP contribution >= 0.6 is 0 Å². The maximum absolute atomic E-state index is 13.9. The third-order valence-electron chi connectivity index (χ3n) is 6.11. The van der Waals surface area contributed by atoms with Crippen molar-refractivity contribution in [3.8, 4) is 5.75 Å². The zero-order chi connectivity index (χ0) is 28.5. The van der Waals surface area contributed by atoms with Crippen LogP contribution in [0.3, 0.4) is 0 Å². The average molecular weight is 526 g/mol. The van der Waals surface area contributed by atoms with Gasteiger partial charge in [-0.3, -0.25) is 9.59 Å². The van der Waals surface area contributed by atoms with Gasteiger partial charge in [-0.25, -0.2) is 4.79 Å². The smallest absolute Gasteiger partial charge is 0.408 e. The topological polar surface area (TPSA) is 108 Å². The molecule has 38 heavy (non-hydrogen) atoms. The Labute approximate surface area is 226 Å². The highest BCUT2D eigenvalue weighted by molar-refractivity contribution is 5.99. The van der Waals surface area contributed by atoms with E-state index in [2.05, 4.69) is 17.6 Å². The van der Waals surface area contributed by atoms with Gasteiger partial charge in [-0.15, -0.1) is 0 Å². The van der Waals surface area contributed by atoms with Crippen LogP contribution in [0.15, 0.2) is 42.5 Å². The highest BCUT2D eigenvalue weighted by Gasteiger charge is 2.35. The molecule has 0 saturated carbocycles. The number of benzene rings is 2. The van der Waals surface area contributed by atoms with Gasteiger partial charge in [0.05, 0.1) is 0 Å². The van der Waals surface area contributed by atoms with E-state index in [-0.39, 0.29) is 5.75 Å². The van der Waals surface area contributed by atoms with Gasteiger partial charge in [-0.05, 0) is 76.8 Å². The molecule has 0 aliphatic carbocycles. The van der Waals surface area contributed by atoms with Crippen LogP contribution in [-0.4, -0.2) is 46.1 Å². The molecule has 2 unspecified atom stereocenters. The Morgan fingerprint density at radius 2 is 1.63 bits per heavy atom. The van der Waals surface area contributed by atoms with Crippen molar-refractivity contribution in [3.63, 3.8) is 0 Å². The van der Waals surface area contributed by atoms with Gasteiger partial charge >= 0.3 is 6.09 Å². The number of aryl methyl sites for hydroxylation is 2. The lowest BCUT2D eigenvalue weighted by atomic mass is 10.0. The number of nitrogens with zero attached hydrogens (tertiary/aromatic N) is 1. The average Bonchev–Trinajstić information content (AvgIpc) is 2.81. The quantitative estimate of drug-likeness (QED) is 0.311. The van der Waals surface area contributed by atoms with E-state index in [1.54, 1.807) is 39.8 Å². The van der Waals surface area contributed by atoms with E-state index >= 15 is 0 Å². The van der Waals surface area contributed by atoms with Gasteiger partial charge < -0.3 is 25.4 Å². The number of carbonyl (C=O) groups excluding carboxylic acids is 3. The predicted octanol–water partition coefficient (Wildman–Crippen LogP) is 6.01. The number of phenols is 1. The van der Waals surface area contributed by atoms with Crippen LogP contribution in [-0.2, 0) is 14.3 Å². The minimum atomic E-state index is -1.03. The number of anilines is 1. The summed E-state index contributed by atoms with van der Waals surface area (Å²) in [4.78, 5) is 41.6. The molecule has 0 spiro atoms. The predicted molar refractivity (Wildman–Crippen MR) is 150 cm³/mol. The fraction of sp³-hybridized carbons (Fsp3) is 0.500. The Balaban J connectivity index is 2.47. The van der Waals surface area contributed by atoms with Crippen molar-refractivity contribution in [1.29, 1.82) is 0 Å². The van der Waals surface area contributed by atoms with Crippen molar-refractivity contribution in [1.82, 2.24) is 10.2 Å². The lowest BCUT2D eigenvalue weighted by Gasteiger charge is -2.34. The lowest BCUT2D eigenvalue weighted by molar-refractivity contribution is -0.140. The zero-order valence-electron chi connectivity index (χ0n) is 23.8. The van der Waals surface area contributed by atoms with E-state index in [0.29, 0.717) is 24.2 Å². The molecule has 2 rings (SSSR count). The molecule has 0 aromatic heterocycles. The summed E-state index contributed by atoms with van der Waals surface area (Å²) in [5, 5.41) is 15.8. The van der Waals surface area contributed by atoms with E-state index in [9.17, 15) is 19.5 Å². The second-order valence-electron chi connectivity index (χ2n) is 10.7. The summed E-state index contributed by atoms with van der Waals surface area (Å²) in [7, 11) is 0. The summed E-state index contributed by atoms with van der Waals surface area (Å²) < 4.78 is 5.33. The molecule has 0 heterocycles. The number of hydrogen-bond donors (Lipinski definition) is 3. The summed E-state index contributed by atoms with van der Waals surface area (Å²) in [6, 6.07) is 10.1. The van der Waals surface area contributed by atoms with Crippen molar-refractivity contribution >= 4 is 23.6 Å². The number of carbonyl (C=O) groups is 3. The molecule has 0 saturated heterocycles. The molecular formula is C30H43N3O5. The van der Waals surface area contributed by atoms with E-state index in [1.165, 1.54) is 17.0 Å². The third-order valence-corrected chi connectivity index (χ3v) is 6.11. The summed E-state index contributed by atoms with van der Waals surface area (Å²) in [6.45, 7) is 13.0. The maximum Gasteiger partial charge on any atom is 0.408 e. The second-order valence-corrected chi connectivity index (χ2v) is 10.7. The van der Waals surface area contributed by atoms with E-state index < -0.39 is 35.6 Å². The largest absolute Gasteiger partial charge is 0.508 e. The molecular weight excluding hydrogens is 482 g/mol. The Morgan fingerprint density at radius 3 is 2.21 bits per heavy atom. The number of phenolic OH excluding ortho intramolecular Hbond substituents is 1. The lowest BCUT2D eigenvalue weighted by Crippen LogP contribution is -2.51. The molecule has 0 bridgehead atoms. The van der Waals surface area contributed by atoms with Crippen LogP contribution < -0.4 is 10.6 Å². The standard InChI is InChI=1S/C30H43N3O5/c1-8-9-10-11-18-33(28(36)22(4)31-29(37)38-30(5,6)7)26(23-16-13-17-24(34)19-23)27(35)32-25-20(2)14-12-15-21(25)3/h12-17,19,22,26,34H,8-11,18H2,1-7H3,(H,31,37)(H,32,35). The van der Waals surface area contributed by atoms with Gasteiger partial charge in [0.25, 0.3) is 5.91 Å². The number of ether oxygens (including phenoxy) is 1. The molecule has 2 atom stereocenters. The molecule has 2 aromatic carbocycles. The van der Waals surface area contributed by atoms with Crippen molar-refractivity contribution in [3.05, 3.63) is 59.2 Å². The first-order valence-corrected chi connectivity index (χ1v) is 13.3. The van der Waals surface area contributed by atoms with E-state index in [0.717, 1.165) is 30.4 Å². The summed E-state index contributed by atoms with van der Waals surface area (Å²) in [5.74, 6) is -0.829. The molecule has 0 radical (unpaired) electrons. The van der Waals surface area contributed by atoms with Crippen LogP contribution in [0, 0.1) is 13.8 Å². The summed E-state index contributed by atoms with van der Waals surface area (Å²) >= 11 is 0. The number of hydrogen-bond acceptors (Lipinski definition) is 5. The molecule has 208 valence electrons. The van der Waals surface area contributed by atoms with Crippen molar-refractivity contribution in [2.45, 2.75) is 91.8 Å². The molecule has 8 heteroatoms. The molecule has 0 aliphatic heterocycles. The second kappa shape index (κ2) is 13.8. The normalized spacial score (nSPS) is 12.8. The van der Waals surface area contributed by atoms with Gasteiger partial charge in [0.2, 0.25) is 5.91 Å². The first-order valence-electron chi connectivity index (χ1n) is 13.3. The number of unbranched alkanes of at least 4 members (excludes halogenated alkanes) is 3. The molecule has 8 nitrogen and oxygen atoms in total. The molecule has 0 aliphatic rings. The highest BCUT2D eigenvalue weighted by Crippen LogP contribution is 2.29. The molecule has 3 amide bonds. The molecule has 2 aromatic rings. The fourth-order valence-electron chi connectivity index (χ4n) is 4.24. The van der Waals surface area contributed by atoms with Crippen molar-refractivity contribution in [2.24, 2.45) is 0 Å². The Bertz CT molecular complexity index is 1090. The first-order chi connectivity index (χ1) is 17.8. The third kappa shape index (κ3) is 9.08. The number of amides is 3. The molecule has 3 N–H and O–H groups in total. The van der Waals surface area contributed by atoms with Crippen molar-refractivity contribution < 1.29 is 24.2 Å². The summed E-state index contributed by atoms with van der Waals surface area (Å²) in [5.41, 5.74) is 2.23. The number of para-hydroxylation sites is 1. The van der Waals surface area contributed by atoms with Gasteiger partial charge in [0.15, 0.2) is 0 Å². The van der Waals surface area contributed by atoms with Gasteiger partial charge in [0, 0.05) is 12.2 Å².